The van der Waals surface area contributed by atoms with E-state index < -0.39 is 22.1 Å². The average molecular weight is 422 g/mol. The Hall–Kier alpha value is -2.00. The smallest absolute Gasteiger partial charge is 0.331 e. The molecule has 2 unspecified atom stereocenters. The standard InChI is InChI=1S/C20H29N4O4S/c21-23-12-5-4-8-19(23)29(27,28)24-14-17(25)20-16(24)11-13-22(20)18(26)10-9-15-6-2-1-3-7-15/h4-5,8,12,15-16,20H,1-3,6-7,9-11,13-14,21H2/q+1. The van der Waals surface area contributed by atoms with Crippen molar-refractivity contribution in [3.63, 3.8) is 0 Å². The van der Waals surface area contributed by atoms with Gasteiger partial charge in [0.15, 0.2) is 5.78 Å². The molecule has 0 spiro atoms. The third-order valence-corrected chi connectivity index (χ3v) is 8.51. The zero-order chi connectivity index (χ0) is 20.6. The van der Waals surface area contributed by atoms with Crippen LogP contribution >= 0.6 is 0 Å². The van der Waals surface area contributed by atoms with Gasteiger partial charge in [-0.2, -0.15) is 4.31 Å². The highest BCUT2D eigenvalue weighted by molar-refractivity contribution is 7.89. The number of rotatable bonds is 5. The fourth-order valence-electron chi connectivity index (χ4n) is 5.10. The third kappa shape index (κ3) is 3.77. The van der Waals surface area contributed by atoms with Crippen molar-refractivity contribution >= 4 is 21.7 Å². The number of amides is 1. The van der Waals surface area contributed by atoms with E-state index in [9.17, 15) is 18.0 Å². The second-order valence-corrected chi connectivity index (χ2v) is 10.2. The molecule has 9 heteroatoms. The summed E-state index contributed by atoms with van der Waals surface area (Å²) in [5, 5.41) is -0.0597. The summed E-state index contributed by atoms with van der Waals surface area (Å²) in [5.74, 6) is 6.16. The van der Waals surface area contributed by atoms with E-state index in [1.54, 1.807) is 17.0 Å². The first kappa shape index (κ1) is 20.3. The average Bonchev–Trinajstić information content (AvgIpc) is 3.29. The van der Waals surface area contributed by atoms with Crippen LogP contribution in [0, 0.1) is 5.92 Å². The number of hydrogen-bond acceptors (Lipinski definition) is 5. The molecule has 1 saturated carbocycles. The highest BCUT2D eigenvalue weighted by Crippen LogP contribution is 2.34. The van der Waals surface area contributed by atoms with Crippen LogP contribution in [-0.2, 0) is 19.6 Å². The van der Waals surface area contributed by atoms with Crippen LogP contribution in [0.15, 0.2) is 29.4 Å². The van der Waals surface area contributed by atoms with Crippen LogP contribution in [0.2, 0.25) is 0 Å². The molecule has 29 heavy (non-hydrogen) atoms. The minimum absolute atomic E-state index is 0.0238. The minimum Gasteiger partial charge on any atom is -0.331 e. The van der Waals surface area contributed by atoms with E-state index >= 15 is 0 Å². The number of ketones is 1. The van der Waals surface area contributed by atoms with E-state index in [0.29, 0.717) is 25.3 Å². The Labute approximate surface area is 171 Å². The first-order chi connectivity index (χ1) is 13.9. The summed E-state index contributed by atoms with van der Waals surface area (Å²) in [5.41, 5.74) is 0. The van der Waals surface area contributed by atoms with Crippen molar-refractivity contribution in [3.05, 3.63) is 24.4 Å². The first-order valence-electron chi connectivity index (χ1n) is 10.5. The number of nitrogen functional groups attached to an aromatic ring is 1. The summed E-state index contributed by atoms with van der Waals surface area (Å²) in [7, 11) is -3.92. The van der Waals surface area contributed by atoms with Crippen molar-refractivity contribution in [1.29, 1.82) is 0 Å². The maximum Gasteiger partial charge on any atom is 0.340 e. The largest absolute Gasteiger partial charge is 0.340 e. The maximum atomic E-state index is 13.1. The van der Waals surface area contributed by atoms with Crippen molar-refractivity contribution in [3.8, 4) is 0 Å². The van der Waals surface area contributed by atoms with Gasteiger partial charge in [-0.1, -0.05) is 36.8 Å². The number of pyridine rings is 1. The molecule has 4 rings (SSSR count). The van der Waals surface area contributed by atoms with Gasteiger partial charge in [0.25, 0.3) is 0 Å². The minimum atomic E-state index is -3.92. The Kier molecular flexibility index (Phi) is 5.61. The van der Waals surface area contributed by atoms with Gasteiger partial charge in [-0.25, -0.2) is 14.3 Å². The second-order valence-electron chi connectivity index (χ2n) is 8.39. The van der Waals surface area contributed by atoms with Crippen LogP contribution in [0.5, 0.6) is 0 Å². The van der Waals surface area contributed by atoms with Gasteiger partial charge in [-0.05, 0) is 24.8 Å². The van der Waals surface area contributed by atoms with Crippen molar-refractivity contribution in [2.75, 3.05) is 18.9 Å². The number of likely N-dealkylation sites (tertiary alicyclic amines) is 1. The number of fused-ring (bicyclic) bond motifs is 1. The molecule has 3 aliphatic rings. The molecule has 1 aliphatic carbocycles. The third-order valence-electron chi connectivity index (χ3n) is 6.61. The number of hydrogen-bond donors (Lipinski definition) is 1. The Morgan fingerprint density at radius 1 is 1.17 bits per heavy atom. The molecule has 2 atom stereocenters. The van der Waals surface area contributed by atoms with Gasteiger partial charge in [-0.15, -0.1) is 0 Å². The summed E-state index contributed by atoms with van der Waals surface area (Å²) in [6.45, 7) is 0.215. The molecular weight excluding hydrogens is 392 g/mol. The number of Topliss-reactive ketones (excluding diaryl/α,β-unsaturated/α-hetero) is 1. The Bertz CT molecular complexity index is 897. The Morgan fingerprint density at radius 3 is 2.66 bits per heavy atom. The van der Waals surface area contributed by atoms with Crippen LogP contribution < -0.4 is 10.5 Å². The Morgan fingerprint density at radius 2 is 1.93 bits per heavy atom. The van der Waals surface area contributed by atoms with Gasteiger partial charge in [0.05, 0.1) is 12.6 Å². The molecule has 2 N–H and O–H groups in total. The van der Waals surface area contributed by atoms with Crippen LogP contribution in [0.4, 0.5) is 0 Å². The van der Waals surface area contributed by atoms with Crippen LogP contribution in [-0.4, -0.2) is 54.5 Å². The lowest BCUT2D eigenvalue weighted by atomic mass is 9.86. The predicted molar refractivity (Wildman–Crippen MR) is 105 cm³/mol. The molecule has 0 bridgehead atoms. The molecule has 1 aromatic heterocycles. The van der Waals surface area contributed by atoms with Gasteiger partial charge in [-0.3, -0.25) is 9.59 Å². The van der Waals surface area contributed by atoms with Gasteiger partial charge in [0.2, 0.25) is 12.1 Å². The molecule has 0 radical (unpaired) electrons. The number of carbonyl (C=O) groups is 2. The molecule has 3 heterocycles. The molecule has 2 saturated heterocycles. The summed E-state index contributed by atoms with van der Waals surface area (Å²) >= 11 is 0. The zero-order valence-corrected chi connectivity index (χ0v) is 17.4. The summed E-state index contributed by atoms with van der Waals surface area (Å²) in [4.78, 5) is 27.2. The van der Waals surface area contributed by atoms with Crippen LogP contribution in [0.3, 0.4) is 0 Å². The van der Waals surface area contributed by atoms with Gasteiger partial charge >= 0.3 is 15.0 Å². The first-order valence-corrected chi connectivity index (χ1v) is 11.9. The van der Waals surface area contributed by atoms with E-state index in [0.717, 1.165) is 11.1 Å². The topological polar surface area (TPSA) is 105 Å². The van der Waals surface area contributed by atoms with E-state index in [2.05, 4.69) is 0 Å². The molecule has 8 nitrogen and oxygen atoms in total. The molecule has 1 amide bonds. The highest BCUT2D eigenvalue weighted by Gasteiger charge is 2.55. The van der Waals surface area contributed by atoms with Crippen LogP contribution in [0.25, 0.3) is 0 Å². The van der Waals surface area contributed by atoms with E-state index in [-0.39, 0.29) is 23.3 Å². The molecule has 1 aromatic rings. The van der Waals surface area contributed by atoms with Crippen molar-refractivity contribution < 1.29 is 22.7 Å². The van der Waals surface area contributed by atoms with Gasteiger partial charge in [0, 0.05) is 25.1 Å². The molecular formula is C20H29N4O4S+. The monoisotopic (exact) mass is 421 g/mol. The normalized spacial score (nSPS) is 26.1. The zero-order valence-electron chi connectivity index (χ0n) is 16.6. The number of nitrogens with zero attached hydrogens (tertiary/aromatic N) is 3. The number of nitrogens with two attached hydrogens (primary N) is 1. The summed E-state index contributed by atoms with van der Waals surface area (Å²) in [6, 6.07) is 3.49. The van der Waals surface area contributed by atoms with Crippen molar-refractivity contribution in [2.45, 2.75) is 68.5 Å². The maximum absolute atomic E-state index is 13.1. The number of aromatic nitrogens is 1. The SMILES string of the molecule is N[n+]1ccccc1S(=O)(=O)N1CC(=O)C2C1CCN2C(=O)CCC1CCCCC1. The van der Waals surface area contributed by atoms with Gasteiger partial charge < -0.3 is 4.90 Å². The molecule has 0 aromatic carbocycles. The number of carbonyl (C=O) groups excluding carboxylic acids is 2. The Balaban J connectivity index is 1.47. The molecule has 2 aliphatic heterocycles. The lowest BCUT2D eigenvalue weighted by Crippen LogP contribution is -2.52. The van der Waals surface area contributed by atoms with Gasteiger partial charge in [0.1, 0.15) is 6.04 Å². The summed E-state index contributed by atoms with van der Waals surface area (Å²) < 4.78 is 28.5. The van der Waals surface area contributed by atoms with E-state index in [1.807, 2.05) is 0 Å². The number of sulfonamides is 1. The lowest BCUT2D eigenvalue weighted by molar-refractivity contribution is -0.678. The summed E-state index contributed by atoms with van der Waals surface area (Å²) in [6.07, 6.45) is 9.35. The molecule has 158 valence electrons. The van der Waals surface area contributed by atoms with Crippen molar-refractivity contribution in [1.82, 2.24) is 9.21 Å². The lowest BCUT2D eigenvalue weighted by Gasteiger charge is -2.25. The van der Waals surface area contributed by atoms with E-state index in [4.69, 9.17) is 5.84 Å². The van der Waals surface area contributed by atoms with E-state index in [1.165, 1.54) is 48.7 Å². The van der Waals surface area contributed by atoms with Crippen LogP contribution in [0.1, 0.15) is 51.4 Å². The fraction of sp³-hybridized carbons (Fsp3) is 0.650. The second kappa shape index (κ2) is 8.02. The molecule has 3 fully saturated rings. The quantitative estimate of drug-likeness (QED) is 0.553. The predicted octanol–water partition coefficient (Wildman–Crippen LogP) is 0.591. The highest BCUT2D eigenvalue weighted by atomic mass is 32.2. The fourth-order valence-corrected chi connectivity index (χ4v) is 6.79. The van der Waals surface area contributed by atoms with Crippen molar-refractivity contribution in [2.24, 2.45) is 5.92 Å².